The first-order valence-electron chi connectivity index (χ1n) is 33.7. The molecule has 0 aliphatic carbocycles. The Balaban J connectivity index is 1.91. The average molecular weight is 1320 g/mol. The van der Waals surface area contributed by atoms with Crippen LogP contribution in [-0.4, -0.2) is 224 Å². The predicted octanol–water partition coefficient (Wildman–Crippen LogP) is 3.77. The number of aliphatic carboxylic acids is 1. The molecule has 0 bridgehead atoms. The van der Waals surface area contributed by atoms with Gasteiger partial charge in [-0.15, -0.1) is 4.52 Å². The van der Waals surface area contributed by atoms with Crippen molar-refractivity contribution >= 4 is 31.9 Å². The van der Waals surface area contributed by atoms with Gasteiger partial charge in [-0.2, -0.15) is 14.7 Å². The number of aliphatic hydroxyl groups is 10. The molecule has 0 aromatic heterocycles. The van der Waals surface area contributed by atoms with E-state index in [1.54, 1.807) is 0 Å². The van der Waals surface area contributed by atoms with Gasteiger partial charge in [-0.05, 0) is 19.3 Å². The van der Waals surface area contributed by atoms with Gasteiger partial charge in [0.1, 0.15) is 54.8 Å². The van der Waals surface area contributed by atoms with Crippen LogP contribution in [0.4, 0.5) is 0 Å². The molecular formula is C62H116N2O25P+. The Morgan fingerprint density at radius 1 is 0.544 bits per heavy atom. The Morgan fingerprint density at radius 3 is 1.41 bits per heavy atom. The number of amides is 2. The number of carboxylic acid groups (broad SMARTS) is 1. The number of nitrogens with one attached hydrogen (secondary N) is 2. The van der Waals surface area contributed by atoms with E-state index < -0.39 is 187 Å². The number of hydrogen-bond acceptors (Lipinski definition) is 24. The van der Waals surface area contributed by atoms with Crippen molar-refractivity contribution in [3.63, 3.8) is 0 Å². The maximum Gasteiger partial charge on any atom is 0.567 e. The SMILES string of the molecule is CCCCCCCCCCC[C@@H](O)CC(=O)N[C@@H]1[C@@H](OC(=O)C[C@H](O)CCCCCCCCCCC)[C@H](O)[C@@H](CO[C@@H]2O[C@H](CO[C@]3(C(=O)O)C[C@@H](O)[C@@H](O)[C@@H]([C@H](O)CO)O3)[C@@H](O[P+](O)(O)O)[C@H](O)[C@H]2NC(=O)C[C@H](O)CCCCCCCCCCC)O[C@@H]1O. The van der Waals surface area contributed by atoms with Crippen molar-refractivity contribution in [3.8, 4) is 0 Å². The highest BCUT2D eigenvalue weighted by molar-refractivity contribution is 7.53. The normalized spacial score (nSPS) is 28.6. The molecule has 0 aromatic carbocycles. The molecule has 0 spiro atoms. The van der Waals surface area contributed by atoms with Crippen LogP contribution in [0.2, 0.25) is 0 Å². The van der Waals surface area contributed by atoms with E-state index in [1.807, 2.05) is 0 Å². The van der Waals surface area contributed by atoms with Gasteiger partial charge in [-0.25, -0.2) is 4.79 Å². The number of rotatable bonds is 50. The first kappa shape index (κ1) is 81.8. The molecule has 3 aliphatic heterocycles. The monoisotopic (exact) mass is 1320 g/mol. The average Bonchev–Trinajstić information content (AvgIpc) is 0.796. The van der Waals surface area contributed by atoms with E-state index in [0.717, 1.165) is 122 Å². The molecule has 16 N–H and O–H groups in total. The van der Waals surface area contributed by atoms with Crippen LogP contribution < -0.4 is 10.6 Å². The van der Waals surface area contributed by atoms with Crippen molar-refractivity contribution in [2.24, 2.45) is 0 Å². The van der Waals surface area contributed by atoms with Crippen LogP contribution in [0.5, 0.6) is 0 Å². The molecule has 3 fully saturated rings. The molecule has 0 unspecified atom stereocenters. The van der Waals surface area contributed by atoms with Crippen LogP contribution >= 0.6 is 8.17 Å². The summed E-state index contributed by atoms with van der Waals surface area (Å²) < 4.78 is 39.9. The second kappa shape index (κ2) is 45.1. The zero-order valence-electron chi connectivity index (χ0n) is 53.7. The molecule has 0 saturated carbocycles. The van der Waals surface area contributed by atoms with Crippen molar-refractivity contribution in [1.29, 1.82) is 0 Å². The van der Waals surface area contributed by atoms with Gasteiger partial charge >= 0.3 is 20.1 Å². The fraction of sp³-hybridized carbons (Fsp3) is 0.935. The molecule has 3 aliphatic rings. The van der Waals surface area contributed by atoms with Gasteiger partial charge in [0.25, 0.3) is 5.79 Å². The maximum atomic E-state index is 13.8. The van der Waals surface area contributed by atoms with Crippen LogP contribution in [0.3, 0.4) is 0 Å². The molecule has 27 nitrogen and oxygen atoms in total. The summed E-state index contributed by atoms with van der Waals surface area (Å²) in [7, 11) is -5.41. The number of unbranched alkanes of at least 4 members (excludes halogenated alkanes) is 24. The van der Waals surface area contributed by atoms with Gasteiger partial charge < -0.3 is 95.2 Å². The third-order valence-corrected chi connectivity index (χ3v) is 17.6. The van der Waals surface area contributed by atoms with E-state index in [2.05, 4.69) is 31.4 Å². The lowest BCUT2D eigenvalue weighted by atomic mass is 9.92. The summed E-state index contributed by atoms with van der Waals surface area (Å²) in [4.78, 5) is 84.4. The van der Waals surface area contributed by atoms with Crippen molar-refractivity contribution < 1.29 is 123 Å². The predicted molar refractivity (Wildman–Crippen MR) is 328 cm³/mol. The van der Waals surface area contributed by atoms with E-state index in [4.69, 9.17) is 32.9 Å². The van der Waals surface area contributed by atoms with E-state index in [9.17, 15) is 90.0 Å². The number of carbonyl (C=O) groups excluding carboxylic acids is 3. The molecule has 18 atom stereocenters. The van der Waals surface area contributed by atoms with Crippen molar-refractivity contribution in [1.82, 2.24) is 10.6 Å². The first-order valence-corrected chi connectivity index (χ1v) is 35.2. The first-order chi connectivity index (χ1) is 42.9. The summed E-state index contributed by atoms with van der Waals surface area (Å²) in [5.74, 6) is -7.65. The van der Waals surface area contributed by atoms with Crippen LogP contribution in [-0.2, 0) is 52.1 Å². The Kier molecular flexibility index (Phi) is 41.0. The summed E-state index contributed by atoms with van der Waals surface area (Å²) in [6.45, 7) is 3.32. The Hall–Kier alpha value is -2.45. The molecule has 0 aromatic rings. The zero-order chi connectivity index (χ0) is 66.7. The van der Waals surface area contributed by atoms with Gasteiger partial charge in [0.05, 0.1) is 63.5 Å². The number of carboxylic acids is 1. The van der Waals surface area contributed by atoms with Crippen molar-refractivity contribution in [2.75, 3.05) is 19.8 Å². The second-order valence-corrected chi connectivity index (χ2v) is 26.3. The van der Waals surface area contributed by atoms with Gasteiger partial charge in [0, 0.05) is 6.42 Å². The lowest BCUT2D eigenvalue weighted by molar-refractivity contribution is -0.341. The molecule has 2 amide bonds. The van der Waals surface area contributed by atoms with Crippen LogP contribution in [0.1, 0.15) is 239 Å². The van der Waals surface area contributed by atoms with Crippen LogP contribution in [0.15, 0.2) is 0 Å². The molecule has 0 radical (unpaired) electrons. The standard InChI is InChI=1S/C62H115N2O25P/c1-4-7-10-13-16-19-22-25-28-31-41(66)34-48(71)63-51-55(76)57(89-90(80,81)82)47(40-84-62(61(78)79)37-44(69)53(74)56(88-62)45(70)38-65)86-60(51)83-39-46-54(75)58(87-50(73)36-43(68)33-30-27-24-21-18-15-12-9-6-3)52(59(77)85-46)64-49(72)35-42(67)32-29-26-23-20-17-14-11-8-5-2/h41-47,51-60,65-70,74-77,80-82H,4-40H2,1-3H3,(H2-,63,64,71,72,78,79)/p+1/t41-,42-,43-,44-,45-,46-,47-,51-,52-,53-,54-,55-,56-,57-,58-,59+,60-,62-/m1/s1. The van der Waals surface area contributed by atoms with Crippen LogP contribution in [0, 0.1) is 0 Å². The molecule has 90 heavy (non-hydrogen) atoms. The smallest absolute Gasteiger partial charge is 0.477 e. The summed E-state index contributed by atoms with van der Waals surface area (Å²) >= 11 is 0. The highest BCUT2D eigenvalue weighted by Crippen LogP contribution is 2.49. The third kappa shape index (κ3) is 31.0. The minimum Gasteiger partial charge on any atom is -0.477 e. The van der Waals surface area contributed by atoms with E-state index in [-0.39, 0.29) is 12.8 Å². The van der Waals surface area contributed by atoms with E-state index >= 15 is 0 Å². The topological polar surface area (TPSA) is 440 Å². The summed E-state index contributed by atoms with van der Waals surface area (Å²) in [5.41, 5.74) is 0. The summed E-state index contributed by atoms with van der Waals surface area (Å²) in [6, 6.07) is -3.56. The van der Waals surface area contributed by atoms with E-state index in [0.29, 0.717) is 25.7 Å². The Morgan fingerprint density at radius 2 is 0.978 bits per heavy atom. The molecule has 528 valence electrons. The van der Waals surface area contributed by atoms with Gasteiger partial charge in [-0.3, -0.25) is 14.4 Å². The van der Waals surface area contributed by atoms with Crippen molar-refractivity contribution in [3.05, 3.63) is 0 Å². The van der Waals surface area contributed by atoms with E-state index in [1.165, 1.54) is 32.1 Å². The molecule has 3 rings (SSSR count). The minimum atomic E-state index is -5.41. The van der Waals surface area contributed by atoms with Crippen LogP contribution in [0.25, 0.3) is 0 Å². The molecule has 3 heterocycles. The highest BCUT2D eigenvalue weighted by Gasteiger charge is 2.58. The summed E-state index contributed by atoms with van der Waals surface area (Å²) in [6.07, 6.45) is -1.73. The number of ether oxygens (including phenoxy) is 6. The Bertz CT molecular complexity index is 1950. The van der Waals surface area contributed by atoms with Gasteiger partial charge in [-0.1, -0.05) is 194 Å². The fourth-order valence-electron chi connectivity index (χ4n) is 11.8. The Labute approximate surface area is 532 Å². The second-order valence-electron chi connectivity index (χ2n) is 25.0. The number of carbonyl (C=O) groups is 4. The third-order valence-electron chi connectivity index (χ3n) is 17.1. The zero-order valence-corrected chi connectivity index (χ0v) is 54.6. The molecule has 3 saturated heterocycles. The lowest BCUT2D eigenvalue weighted by Crippen LogP contribution is -2.68. The molecular weight excluding hydrogens is 1200 g/mol. The number of aliphatic hydroxyl groups excluding tert-OH is 10. The number of hydrogen-bond donors (Lipinski definition) is 16. The van der Waals surface area contributed by atoms with Crippen molar-refractivity contribution in [2.45, 2.75) is 349 Å². The largest absolute Gasteiger partial charge is 0.567 e. The fourth-order valence-corrected chi connectivity index (χ4v) is 12.3. The summed E-state index contributed by atoms with van der Waals surface area (Å²) in [5, 5.41) is 125. The molecule has 28 heteroatoms. The maximum absolute atomic E-state index is 13.8. The lowest BCUT2D eigenvalue weighted by Gasteiger charge is -2.47. The van der Waals surface area contributed by atoms with Gasteiger partial charge in [0.2, 0.25) is 11.8 Å². The number of esters is 1. The van der Waals surface area contributed by atoms with Gasteiger partial charge in [0.15, 0.2) is 24.8 Å². The highest BCUT2D eigenvalue weighted by atomic mass is 31.2. The minimum absolute atomic E-state index is 0.213. The quantitative estimate of drug-likeness (QED) is 0.0234.